The van der Waals surface area contributed by atoms with Gasteiger partial charge in [0, 0.05) is 0 Å². The molecule has 0 fully saturated rings. The lowest BCUT2D eigenvalue weighted by Crippen LogP contribution is -2.61. The molecular formula is C24H60O7Si6. The van der Waals surface area contributed by atoms with Crippen molar-refractivity contribution < 1.29 is 31.4 Å². The first-order valence-electron chi connectivity index (χ1n) is 13.6. The fourth-order valence-corrected chi connectivity index (χ4v) is 9.11. The molecule has 0 aromatic rings. The van der Waals surface area contributed by atoms with E-state index in [1.54, 1.807) is 0 Å². The predicted molar refractivity (Wildman–Crippen MR) is 172 cm³/mol. The van der Waals surface area contributed by atoms with Gasteiger partial charge in [-0.2, -0.15) is 0 Å². The van der Waals surface area contributed by atoms with E-state index in [0.29, 0.717) is 6.61 Å². The van der Waals surface area contributed by atoms with Crippen LogP contribution in [0.25, 0.3) is 0 Å². The number of rotatable bonds is 16. The summed E-state index contributed by atoms with van der Waals surface area (Å²) in [6.07, 6.45) is -2.48. The summed E-state index contributed by atoms with van der Waals surface area (Å²) in [6, 6.07) is 0. The van der Waals surface area contributed by atoms with Crippen LogP contribution in [0.5, 0.6) is 0 Å². The van der Waals surface area contributed by atoms with Gasteiger partial charge in [-0.1, -0.05) is 0 Å². The van der Waals surface area contributed by atoms with Crippen molar-refractivity contribution in [3.05, 3.63) is 0 Å². The molecule has 0 aromatic carbocycles. The number of hydrogen-bond donors (Lipinski definition) is 0. The van der Waals surface area contributed by atoms with E-state index in [4.69, 9.17) is 26.6 Å². The molecule has 0 aliphatic rings. The summed E-state index contributed by atoms with van der Waals surface area (Å²) < 4.78 is 39.6. The van der Waals surface area contributed by atoms with Crippen LogP contribution < -0.4 is 0 Å². The fourth-order valence-electron chi connectivity index (χ4n) is 3.44. The molecule has 0 spiro atoms. The van der Waals surface area contributed by atoms with Crippen molar-refractivity contribution in [2.45, 2.75) is 142 Å². The zero-order valence-corrected chi connectivity index (χ0v) is 33.4. The molecule has 0 aliphatic heterocycles. The average Bonchev–Trinajstić information content (AvgIpc) is 2.54. The highest BCUT2D eigenvalue weighted by molar-refractivity contribution is 6.72. The van der Waals surface area contributed by atoms with Crippen LogP contribution in [0.1, 0.15) is 0 Å². The zero-order chi connectivity index (χ0) is 29.8. The monoisotopic (exact) mass is 628 g/mol. The van der Waals surface area contributed by atoms with E-state index in [0.717, 1.165) is 0 Å². The molecule has 13 heteroatoms. The van der Waals surface area contributed by atoms with E-state index in [-0.39, 0.29) is 12.1 Å². The lowest BCUT2D eigenvalue weighted by Gasteiger charge is -2.45. The van der Waals surface area contributed by atoms with Gasteiger partial charge in [-0.25, -0.2) is 0 Å². The molecule has 0 radical (unpaired) electrons. The van der Waals surface area contributed by atoms with Crippen molar-refractivity contribution >= 4 is 55.9 Å². The quantitative estimate of drug-likeness (QED) is 0.169. The van der Waals surface area contributed by atoms with Gasteiger partial charge in [0.25, 0.3) is 0 Å². The van der Waals surface area contributed by atoms with Crippen molar-refractivity contribution in [3.8, 4) is 0 Å². The van der Waals surface area contributed by atoms with Gasteiger partial charge < -0.3 is 26.6 Å². The first-order chi connectivity index (χ1) is 16.0. The number of hydrogen-bond acceptors (Lipinski definition) is 7. The normalized spacial score (nSPS) is 17.8. The summed E-state index contributed by atoms with van der Waals surface area (Å²) in [4.78, 5) is 13.8. The highest BCUT2D eigenvalue weighted by Crippen LogP contribution is 2.29. The van der Waals surface area contributed by atoms with Gasteiger partial charge in [0.05, 0.1) is 12.7 Å². The van der Waals surface area contributed by atoms with Gasteiger partial charge in [-0.3, -0.25) is 4.79 Å². The van der Waals surface area contributed by atoms with Crippen molar-refractivity contribution in [1.29, 1.82) is 0 Å². The lowest BCUT2D eigenvalue weighted by molar-refractivity contribution is -0.155. The van der Waals surface area contributed by atoms with Crippen LogP contribution in [0.2, 0.25) is 118 Å². The van der Waals surface area contributed by atoms with Crippen LogP contribution in [0.3, 0.4) is 0 Å². The third kappa shape index (κ3) is 19.3. The minimum absolute atomic E-state index is 0.355. The summed E-state index contributed by atoms with van der Waals surface area (Å²) in [5.41, 5.74) is 0. The van der Waals surface area contributed by atoms with Gasteiger partial charge >= 0.3 is 5.97 Å². The molecular weight excluding hydrogens is 569 g/mol. The van der Waals surface area contributed by atoms with Crippen LogP contribution in [0.4, 0.5) is 0 Å². The van der Waals surface area contributed by atoms with E-state index < -0.39 is 68.2 Å². The Morgan fingerprint density at radius 3 is 1.19 bits per heavy atom. The van der Waals surface area contributed by atoms with E-state index in [1.165, 1.54) is 0 Å². The predicted octanol–water partition coefficient (Wildman–Crippen LogP) is 7.10. The Morgan fingerprint density at radius 2 is 0.865 bits per heavy atom. The smallest absolute Gasteiger partial charge is 0.323 e. The van der Waals surface area contributed by atoms with E-state index >= 15 is 0 Å². The summed E-state index contributed by atoms with van der Waals surface area (Å²) in [5, 5.41) is 0. The molecule has 37 heavy (non-hydrogen) atoms. The first kappa shape index (κ1) is 37.6. The highest BCUT2D eigenvalue weighted by atomic mass is 28.4. The molecule has 0 N–H and O–H groups in total. The third-order valence-electron chi connectivity index (χ3n) is 4.27. The maximum atomic E-state index is 13.8. The van der Waals surface area contributed by atoms with Crippen molar-refractivity contribution in [2.75, 3.05) is 6.61 Å². The van der Waals surface area contributed by atoms with Crippen LogP contribution in [0.15, 0.2) is 0 Å². The highest BCUT2D eigenvalue weighted by Gasteiger charge is 2.48. The summed E-state index contributed by atoms with van der Waals surface area (Å²) in [7, 11) is -12.5. The largest absolute Gasteiger partial charge is 0.518 e. The van der Waals surface area contributed by atoms with E-state index in [2.05, 4.69) is 98.2 Å². The maximum Gasteiger partial charge on any atom is 0.323 e. The molecule has 0 saturated carbocycles. The number of carbonyl (C=O) groups is 1. The Morgan fingerprint density at radius 1 is 0.486 bits per heavy atom. The molecule has 0 unspecified atom stereocenters. The third-order valence-corrected chi connectivity index (χ3v) is 10.0. The Labute approximate surface area is 235 Å². The standard InChI is InChI=1S/C24H60O7Si6/c1-32(2,3)26-19-20(27-33(4,5)6)21(28-34(7,8)9)22(29-35(10,11)12)23(30-36(13,14)15)24(25)31-37(16,17)18/h20-23H,19H2,1-18H3/t20-,21+,22+,23-/m1/s1. The van der Waals surface area contributed by atoms with E-state index in [9.17, 15) is 4.79 Å². The van der Waals surface area contributed by atoms with Gasteiger partial charge in [-0.15, -0.1) is 0 Å². The Hall–Kier alpha value is 0.571. The second-order valence-electron chi connectivity index (χ2n) is 15.8. The minimum Gasteiger partial charge on any atom is -0.518 e. The second kappa shape index (κ2) is 13.5. The van der Waals surface area contributed by atoms with Crippen molar-refractivity contribution in [2.24, 2.45) is 0 Å². The van der Waals surface area contributed by atoms with Crippen molar-refractivity contribution in [1.82, 2.24) is 0 Å². The number of carbonyl (C=O) groups excluding carboxylic acids is 1. The molecule has 0 aliphatic carbocycles. The molecule has 222 valence electrons. The summed E-state index contributed by atoms with van der Waals surface area (Å²) in [5.74, 6) is -0.355. The first-order valence-corrected chi connectivity index (χ1v) is 34.0. The SMILES string of the molecule is C[Si](C)(C)OC[C@@H](O[Si](C)(C)C)[C@H](O[Si](C)(C)C)[C@H](O[Si](C)(C)C)[C@@H](O[Si](C)(C)C)C(=O)O[Si](C)(C)C. The molecule has 0 heterocycles. The lowest BCUT2D eigenvalue weighted by atomic mass is 10.0. The molecule has 7 nitrogen and oxygen atoms in total. The second-order valence-corrected chi connectivity index (χ2v) is 42.6. The Bertz CT molecular complexity index is 710. The van der Waals surface area contributed by atoms with Gasteiger partial charge in [-0.05, 0) is 118 Å². The van der Waals surface area contributed by atoms with Crippen LogP contribution in [-0.2, 0) is 31.4 Å². The Kier molecular flexibility index (Phi) is 13.7. The van der Waals surface area contributed by atoms with E-state index in [1.807, 2.05) is 19.6 Å². The van der Waals surface area contributed by atoms with Gasteiger partial charge in [0.15, 0.2) is 47.7 Å². The van der Waals surface area contributed by atoms with Crippen molar-refractivity contribution in [3.63, 3.8) is 0 Å². The minimum atomic E-state index is -2.18. The molecule has 4 atom stereocenters. The van der Waals surface area contributed by atoms with Crippen LogP contribution in [-0.4, -0.2) is 86.9 Å². The maximum absolute atomic E-state index is 13.8. The zero-order valence-electron chi connectivity index (χ0n) is 27.4. The Balaban J connectivity index is 7.03. The fraction of sp³-hybridized carbons (Fsp3) is 0.958. The van der Waals surface area contributed by atoms with Crippen LogP contribution >= 0.6 is 0 Å². The molecule has 0 aromatic heterocycles. The summed E-state index contributed by atoms with van der Waals surface area (Å²) >= 11 is 0. The van der Waals surface area contributed by atoms with Gasteiger partial charge in [0.1, 0.15) is 12.2 Å². The molecule has 0 rings (SSSR count). The summed E-state index contributed by atoms with van der Waals surface area (Å²) in [6.45, 7) is 38.6. The average molecular weight is 629 g/mol. The molecule has 0 amide bonds. The van der Waals surface area contributed by atoms with Crippen LogP contribution in [0, 0.1) is 0 Å². The van der Waals surface area contributed by atoms with Gasteiger partial charge in [0.2, 0.25) is 8.32 Å². The topological polar surface area (TPSA) is 72.5 Å². The molecule has 0 saturated heterocycles. The molecule has 0 bridgehead atoms.